The van der Waals surface area contributed by atoms with E-state index < -0.39 is 16.9 Å². The second kappa shape index (κ2) is 11.7. The van der Waals surface area contributed by atoms with Gasteiger partial charge in [0.25, 0.3) is 11.2 Å². The first-order valence-corrected chi connectivity index (χ1v) is 14.2. The number of ether oxygens (including phenoxy) is 3. The zero-order chi connectivity index (χ0) is 31.0. The summed E-state index contributed by atoms with van der Waals surface area (Å²) in [6.45, 7) is 7.07. The molecule has 0 bridgehead atoms. The first-order valence-electron chi connectivity index (χ1n) is 13.3. The number of methoxy groups -OCH3 is 2. The zero-order valence-electron chi connectivity index (χ0n) is 24.4. The Morgan fingerprint density at radius 1 is 1.14 bits per heavy atom. The van der Waals surface area contributed by atoms with Crippen LogP contribution in [0.3, 0.4) is 0 Å². The quantitative estimate of drug-likeness (QED) is 0.162. The number of nitro benzene ring substituents is 1. The number of aromatic nitrogens is 1. The summed E-state index contributed by atoms with van der Waals surface area (Å²) in [6, 6.07) is 11.0. The zero-order valence-corrected chi connectivity index (χ0v) is 25.2. The third-order valence-corrected chi connectivity index (χ3v) is 8.26. The first kappa shape index (κ1) is 29.5. The average Bonchev–Trinajstić information content (AvgIpc) is 3.57. The van der Waals surface area contributed by atoms with E-state index in [9.17, 15) is 19.7 Å². The predicted octanol–water partition coefficient (Wildman–Crippen LogP) is 4.60. The number of hydrogen-bond donors (Lipinski definition) is 0. The number of nitro groups is 1. The molecule has 2 aromatic heterocycles. The fraction of sp³-hybridized carbons (Fsp3) is 0.258. The fourth-order valence-electron chi connectivity index (χ4n) is 5.02. The minimum atomic E-state index is -0.874. The number of carbonyl (C=O) groups is 1. The van der Waals surface area contributed by atoms with Crippen LogP contribution in [0.15, 0.2) is 67.9 Å². The Balaban J connectivity index is 1.65. The molecule has 2 aromatic carbocycles. The minimum absolute atomic E-state index is 0.00277. The number of allylic oxidation sites excluding steroid dienone is 1. The molecule has 43 heavy (non-hydrogen) atoms. The normalized spacial score (nSPS) is 14.7. The molecule has 0 amide bonds. The van der Waals surface area contributed by atoms with Crippen molar-refractivity contribution in [2.45, 2.75) is 33.7 Å². The highest BCUT2D eigenvalue weighted by Crippen LogP contribution is 2.38. The lowest BCUT2D eigenvalue weighted by Crippen LogP contribution is -2.40. The molecule has 1 atom stereocenters. The van der Waals surface area contributed by atoms with Gasteiger partial charge in [0.2, 0.25) is 0 Å². The molecule has 12 heteroatoms. The van der Waals surface area contributed by atoms with Crippen molar-refractivity contribution in [3.05, 3.63) is 106 Å². The van der Waals surface area contributed by atoms with Crippen LogP contribution in [0, 0.1) is 24.0 Å². The molecule has 222 valence electrons. The SMILES string of the molecule is CCOC(=O)C1=C(C)N=c2s/c(=C\c3ccc(-c4cc(C)c(C)c([N+](=O)[O-])c4)o3)c(=O)n2[C@@H]1c1ccc(OC)cc1OC. The molecule has 1 aliphatic rings. The Hall–Kier alpha value is -4.97. The second-order valence-electron chi connectivity index (χ2n) is 9.81. The number of fused-ring (bicyclic) bond motifs is 1. The summed E-state index contributed by atoms with van der Waals surface area (Å²) in [5.74, 6) is 1.19. The number of thiazole rings is 1. The number of hydrogen-bond acceptors (Lipinski definition) is 10. The van der Waals surface area contributed by atoms with Crippen LogP contribution >= 0.6 is 11.3 Å². The van der Waals surface area contributed by atoms with Crippen LogP contribution in [-0.4, -0.2) is 36.3 Å². The van der Waals surface area contributed by atoms with Crippen LogP contribution in [0.4, 0.5) is 5.69 Å². The van der Waals surface area contributed by atoms with E-state index in [1.54, 1.807) is 64.1 Å². The number of carbonyl (C=O) groups excluding carboxylic acids is 1. The van der Waals surface area contributed by atoms with Gasteiger partial charge >= 0.3 is 5.97 Å². The molecule has 0 spiro atoms. The number of benzene rings is 2. The molecule has 1 aliphatic heterocycles. The highest BCUT2D eigenvalue weighted by Gasteiger charge is 2.35. The monoisotopic (exact) mass is 603 g/mol. The van der Waals surface area contributed by atoms with E-state index in [1.165, 1.54) is 24.9 Å². The van der Waals surface area contributed by atoms with Crippen molar-refractivity contribution in [3.8, 4) is 22.8 Å². The average molecular weight is 604 g/mol. The van der Waals surface area contributed by atoms with Gasteiger partial charge in [-0.25, -0.2) is 9.79 Å². The van der Waals surface area contributed by atoms with Crippen LogP contribution in [0.2, 0.25) is 0 Å². The summed E-state index contributed by atoms with van der Waals surface area (Å²) in [5.41, 5.74) is 2.72. The van der Waals surface area contributed by atoms with Gasteiger partial charge in [-0.15, -0.1) is 0 Å². The Bertz CT molecular complexity index is 1980. The van der Waals surface area contributed by atoms with Gasteiger partial charge in [0, 0.05) is 34.9 Å². The number of aryl methyl sites for hydroxylation is 1. The molecule has 0 aliphatic carbocycles. The van der Waals surface area contributed by atoms with E-state index in [0.29, 0.717) is 54.7 Å². The Kier molecular flexibility index (Phi) is 8.05. The Morgan fingerprint density at radius 2 is 1.91 bits per heavy atom. The van der Waals surface area contributed by atoms with E-state index in [4.69, 9.17) is 18.6 Å². The van der Waals surface area contributed by atoms with Crippen molar-refractivity contribution in [1.82, 2.24) is 4.57 Å². The summed E-state index contributed by atoms with van der Waals surface area (Å²) in [4.78, 5) is 43.3. The van der Waals surface area contributed by atoms with Crippen molar-refractivity contribution < 1.29 is 28.3 Å². The molecule has 11 nitrogen and oxygen atoms in total. The summed E-state index contributed by atoms with van der Waals surface area (Å²) in [7, 11) is 3.04. The maximum atomic E-state index is 14.0. The molecule has 0 radical (unpaired) electrons. The van der Waals surface area contributed by atoms with E-state index >= 15 is 0 Å². The second-order valence-corrected chi connectivity index (χ2v) is 10.8. The van der Waals surface area contributed by atoms with Gasteiger partial charge < -0.3 is 18.6 Å². The van der Waals surface area contributed by atoms with Gasteiger partial charge in [-0.3, -0.25) is 19.5 Å². The van der Waals surface area contributed by atoms with Crippen molar-refractivity contribution in [1.29, 1.82) is 0 Å². The number of nitrogens with zero attached hydrogens (tertiary/aromatic N) is 3. The van der Waals surface area contributed by atoms with E-state index in [2.05, 4.69) is 4.99 Å². The molecule has 0 N–H and O–H groups in total. The minimum Gasteiger partial charge on any atom is -0.497 e. The van der Waals surface area contributed by atoms with Gasteiger partial charge in [0.15, 0.2) is 4.80 Å². The summed E-state index contributed by atoms with van der Waals surface area (Å²) in [5, 5.41) is 11.5. The van der Waals surface area contributed by atoms with Crippen molar-refractivity contribution in [2.24, 2.45) is 4.99 Å². The van der Waals surface area contributed by atoms with Gasteiger partial charge in [-0.05, 0) is 63.6 Å². The summed E-state index contributed by atoms with van der Waals surface area (Å²) >= 11 is 1.15. The largest absolute Gasteiger partial charge is 0.497 e. The molecular formula is C31H29N3O8S. The fourth-order valence-corrected chi connectivity index (χ4v) is 6.04. The van der Waals surface area contributed by atoms with Crippen molar-refractivity contribution in [2.75, 3.05) is 20.8 Å². The highest BCUT2D eigenvalue weighted by molar-refractivity contribution is 7.07. The van der Waals surface area contributed by atoms with Crippen molar-refractivity contribution >= 4 is 29.1 Å². The number of furan rings is 1. The van der Waals surface area contributed by atoms with Crippen LogP contribution in [0.25, 0.3) is 17.4 Å². The van der Waals surface area contributed by atoms with Gasteiger partial charge in [0.1, 0.15) is 29.1 Å². The lowest BCUT2D eigenvalue weighted by atomic mass is 9.95. The summed E-state index contributed by atoms with van der Waals surface area (Å²) in [6.07, 6.45) is 1.59. The van der Waals surface area contributed by atoms with Gasteiger partial charge in [-0.1, -0.05) is 11.3 Å². The topological polar surface area (TPSA) is 135 Å². The number of esters is 1. The predicted molar refractivity (Wildman–Crippen MR) is 160 cm³/mol. The van der Waals surface area contributed by atoms with Crippen LogP contribution in [0.5, 0.6) is 11.5 Å². The third-order valence-electron chi connectivity index (χ3n) is 7.27. The highest BCUT2D eigenvalue weighted by atomic mass is 32.1. The van der Waals surface area contributed by atoms with Gasteiger partial charge in [0.05, 0.1) is 41.6 Å². The summed E-state index contributed by atoms with van der Waals surface area (Å²) < 4.78 is 24.1. The maximum absolute atomic E-state index is 14.0. The Labute approximate surface area is 250 Å². The molecule has 0 fully saturated rings. The third kappa shape index (κ3) is 5.37. The lowest BCUT2D eigenvalue weighted by molar-refractivity contribution is -0.385. The molecule has 0 unspecified atom stereocenters. The maximum Gasteiger partial charge on any atom is 0.338 e. The molecule has 0 saturated heterocycles. The molecule has 5 rings (SSSR count). The van der Waals surface area contributed by atoms with E-state index in [1.807, 2.05) is 6.07 Å². The first-order chi connectivity index (χ1) is 20.6. The number of rotatable bonds is 8. The van der Waals surface area contributed by atoms with E-state index in [0.717, 1.165) is 16.9 Å². The van der Waals surface area contributed by atoms with E-state index in [-0.39, 0.29) is 23.4 Å². The molecule has 3 heterocycles. The lowest BCUT2D eigenvalue weighted by Gasteiger charge is -2.26. The molecule has 0 saturated carbocycles. The van der Waals surface area contributed by atoms with Crippen LogP contribution in [0.1, 0.15) is 42.3 Å². The van der Waals surface area contributed by atoms with Gasteiger partial charge in [-0.2, -0.15) is 0 Å². The molecule has 4 aromatic rings. The van der Waals surface area contributed by atoms with Crippen LogP contribution in [-0.2, 0) is 9.53 Å². The molecular weight excluding hydrogens is 574 g/mol. The Morgan fingerprint density at radius 3 is 2.58 bits per heavy atom. The standard InChI is InChI=1S/C31H29N3O8S/c1-7-41-30(36)27-18(4)32-31-33(28(27)22-10-8-20(39-5)14-25(22)40-6)29(35)26(43-31)15-21-9-11-24(42-21)19-12-16(2)17(3)23(13-19)34(37)38/h8-15,28H,7H2,1-6H3/b26-15-/t28-/m1/s1. The van der Waals surface area contributed by atoms with Crippen LogP contribution < -0.4 is 24.4 Å². The van der Waals surface area contributed by atoms with Crippen molar-refractivity contribution in [3.63, 3.8) is 0 Å². The smallest absolute Gasteiger partial charge is 0.338 e.